The van der Waals surface area contributed by atoms with Crippen LogP contribution in [0.1, 0.15) is 6.92 Å². The largest absolute Gasteiger partial charge is 0.380 e. The number of nitrogens with one attached hydrogen (secondary N) is 1. The smallest absolute Gasteiger partial charge is 0.0554 e. The van der Waals surface area contributed by atoms with Crippen molar-refractivity contribution in [2.75, 3.05) is 57.4 Å². The van der Waals surface area contributed by atoms with Crippen molar-refractivity contribution in [3.05, 3.63) is 0 Å². The summed E-state index contributed by atoms with van der Waals surface area (Å²) in [6, 6.07) is 0. The summed E-state index contributed by atoms with van der Waals surface area (Å²) in [7, 11) is 0. The van der Waals surface area contributed by atoms with Crippen molar-refractivity contribution in [2.24, 2.45) is 5.41 Å². The maximum absolute atomic E-state index is 5.23. The Hall–Kier alpha value is 0.230. The second-order valence-corrected chi connectivity index (χ2v) is 6.16. The molecule has 3 nitrogen and oxygen atoms in total. The van der Waals surface area contributed by atoms with Gasteiger partial charge in [0.05, 0.1) is 13.2 Å². The Bertz CT molecular complexity index is 191. The minimum absolute atomic E-state index is 0.414. The summed E-state index contributed by atoms with van der Waals surface area (Å²) in [5.74, 6) is 2.62. The molecule has 0 spiro atoms. The molecule has 2 saturated heterocycles. The van der Waals surface area contributed by atoms with Crippen LogP contribution in [0.3, 0.4) is 0 Å². The highest BCUT2D eigenvalue weighted by molar-refractivity contribution is 7.99. The van der Waals surface area contributed by atoms with Crippen LogP contribution in [-0.2, 0) is 4.74 Å². The summed E-state index contributed by atoms with van der Waals surface area (Å²) in [5.41, 5.74) is 0.414. The van der Waals surface area contributed by atoms with Crippen molar-refractivity contribution in [1.29, 1.82) is 0 Å². The van der Waals surface area contributed by atoms with Gasteiger partial charge in [0, 0.05) is 49.6 Å². The summed E-state index contributed by atoms with van der Waals surface area (Å²) in [6.45, 7) is 10.1. The third-order valence-corrected chi connectivity index (χ3v) is 4.10. The molecule has 88 valence electrons. The van der Waals surface area contributed by atoms with Crippen LogP contribution < -0.4 is 5.32 Å². The molecule has 2 aliphatic heterocycles. The maximum atomic E-state index is 5.23. The molecule has 1 N–H and O–H groups in total. The fourth-order valence-electron chi connectivity index (χ4n) is 2.00. The molecule has 0 aromatic heterocycles. The van der Waals surface area contributed by atoms with Gasteiger partial charge in [0.1, 0.15) is 0 Å². The Morgan fingerprint density at radius 3 is 2.67 bits per heavy atom. The molecule has 0 saturated carbocycles. The van der Waals surface area contributed by atoms with Gasteiger partial charge in [0.25, 0.3) is 0 Å². The van der Waals surface area contributed by atoms with Gasteiger partial charge in [0.2, 0.25) is 0 Å². The second kappa shape index (κ2) is 5.53. The second-order valence-electron chi connectivity index (χ2n) is 4.93. The van der Waals surface area contributed by atoms with Crippen LogP contribution in [-0.4, -0.2) is 62.3 Å². The van der Waals surface area contributed by atoms with Crippen molar-refractivity contribution in [3.63, 3.8) is 0 Å². The summed E-state index contributed by atoms with van der Waals surface area (Å²) in [4.78, 5) is 2.56. The highest BCUT2D eigenvalue weighted by atomic mass is 32.2. The monoisotopic (exact) mass is 230 g/mol. The lowest BCUT2D eigenvalue weighted by atomic mass is 9.89. The first-order valence-electron chi connectivity index (χ1n) is 5.87. The van der Waals surface area contributed by atoms with Gasteiger partial charge in [0.15, 0.2) is 0 Å². The van der Waals surface area contributed by atoms with Gasteiger partial charge in [-0.15, -0.1) is 0 Å². The summed E-state index contributed by atoms with van der Waals surface area (Å²) < 4.78 is 5.23. The topological polar surface area (TPSA) is 24.5 Å². The highest BCUT2D eigenvalue weighted by Gasteiger charge is 2.32. The zero-order valence-electron chi connectivity index (χ0n) is 9.63. The zero-order valence-corrected chi connectivity index (χ0v) is 10.4. The van der Waals surface area contributed by atoms with E-state index >= 15 is 0 Å². The van der Waals surface area contributed by atoms with E-state index in [4.69, 9.17) is 4.74 Å². The standard InChI is InChI=1S/C11H22N2OS/c1-11(9-14-10-11)8-12-2-3-13-4-6-15-7-5-13/h12H,2-10H2,1H3. The lowest BCUT2D eigenvalue weighted by Crippen LogP contribution is -2.48. The molecule has 2 aliphatic rings. The average Bonchev–Trinajstić information content (AvgIpc) is 2.23. The molecular weight excluding hydrogens is 208 g/mol. The molecule has 2 fully saturated rings. The molecule has 0 aromatic rings. The summed E-state index contributed by atoms with van der Waals surface area (Å²) in [5, 5.41) is 3.55. The van der Waals surface area contributed by atoms with Crippen LogP contribution >= 0.6 is 11.8 Å². The third kappa shape index (κ3) is 3.63. The van der Waals surface area contributed by atoms with Crippen LogP contribution in [0.5, 0.6) is 0 Å². The van der Waals surface area contributed by atoms with E-state index < -0.39 is 0 Å². The molecule has 0 atom stereocenters. The molecule has 0 radical (unpaired) electrons. The molecule has 0 aliphatic carbocycles. The number of thioether (sulfide) groups is 1. The van der Waals surface area contributed by atoms with Gasteiger partial charge in [-0.2, -0.15) is 11.8 Å². The van der Waals surface area contributed by atoms with E-state index in [0.29, 0.717) is 5.41 Å². The van der Waals surface area contributed by atoms with Crippen molar-refractivity contribution < 1.29 is 4.74 Å². The van der Waals surface area contributed by atoms with E-state index in [-0.39, 0.29) is 0 Å². The van der Waals surface area contributed by atoms with Gasteiger partial charge in [-0.3, -0.25) is 0 Å². The highest BCUT2D eigenvalue weighted by Crippen LogP contribution is 2.24. The fraction of sp³-hybridized carbons (Fsp3) is 1.00. The molecule has 15 heavy (non-hydrogen) atoms. The van der Waals surface area contributed by atoms with Crippen LogP contribution in [0.4, 0.5) is 0 Å². The van der Waals surface area contributed by atoms with Crippen molar-refractivity contribution >= 4 is 11.8 Å². The predicted octanol–water partition coefficient (Wildman–Crippen LogP) is 0.661. The van der Waals surface area contributed by atoms with Crippen LogP contribution in [0.15, 0.2) is 0 Å². The first kappa shape index (κ1) is 11.7. The van der Waals surface area contributed by atoms with E-state index in [1.807, 2.05) is 0 Å². The van der Waals surface area contributed by atoms with Crippen molar-refractivity contribution in [1.82, 2.24) is 10.2 Å². The Morgan fingerprint density at radius 2 is 2.07 bits per heavy atom. The fourth-order valence-corrected chi connectivity index (χ4v) is 2.98. The first-order valence-corrected chi connectivity index (χ1v) is 7.03. The van der Waals surface area contributed by atoms with E-state index in [0.717, 1.165) is 26.3 Å². The molecule has 0 bridgehead atoms. The lowest BCUT2D eigenvalue weighted by molar-refractivity contribution is -0.0990. The molecule has 2 heterocycles. The van der Waals surface area contributed by atoms with E-state index in [9.17, 15) is 0 Å². The Balaban J connectivity index is 1.50. The van der Waals surface area contributed by atoms with Crippen molar-refractivity contribution in [3.8, 4) is 0 Å². The minimum Gasteiger partial charge on any atom is -0.380 e. The minimum atomic E-state index is 0.414. The third-order valence-electron chi connectivity index (χ3n) is 3.16. The first-order chi connectivity index (χ1) is 7.29. The number of nitrogens with zero attached hydrogens (tertiary/aromatic N) is 1. The van der Waals surface area contributed by atoms with Crippen molar-refractivity contribution in [2.45, 2.75) is 6.92 Å². The quantitative estimate of drug-likeness (QED) is 0.701. The maximum Gasteiger partial charge on any atom is 0.0554 e. The summed E-state index contributed by atoms with van der Waals surface area (Å²) >= 11 is 2.08. The number of hydrogen-bond acceptors (Lipinski definition) is 4. The molecule has 0 aromatic carbocycles. The molecule has 4 heteroatoms. The molecular formula is C11H22N2OS. The van der Waals surface area contributed by atoms with Gasteiger partial charge in [-0.25, -0.2) is 0 Å². The Morgan fingerprint density at radius 1 is 1.33 bits per heavy atom. The number of hydrogen-bond donors (Lipinski definition) is 1. The van der Waals surface area contributed by atoms with Crippen LogP contribution in [0.25, 0.3) is 0 Å². The average molecular weight is 230 g/mol. The lowest BCUT2D eigenvalue weighted by Gasteiger charge is -2.38. The summed E-state index contributed by atoms with van der Waals surface area (Å²) in [6.07, 6.45) is 0. The molecule has 0 unspecified atom stereocenters. The Kier molecular flexibility index (Phi) is 4.31. The van der Waals surface area contributed by atoms with Gasteiger partial charge < -0.3 is 15.0 Å². The normalized spacial score (nSPS) is 26.2. The van der Waals surface area contributed by atoms with Crippen LogP contribution in [0.2, 0.25) is 0 Å². The number of rotatable bonds is 5. The Labute approximate surface area is 96.9 Å². The molecule has 2 rings (SSSR count). The SMILES string of the molecule is CC1(CNCCN2CCSCC2)COC1. The van der Waals surface area contributed by atoms with Gasteiger partial charge >= 0.3 is 0 Å². The number of ether oxygens (including phenoxy) is 1. The van der Waals surface area contributed by atoms with E-state index in [1.165, 1.54) is 31.1 Å². The van der Waals surface area contributed by atoms with Crippen LogP contribution in [0, 0.1) is 5.41 Å². The predicted molar refractivity (Wildman–Crippen MR) is 65.6 cm³/mol. The van der Waals surface area contributed by atoms with Gasteiger partial charge in [-0.1, -0.05) is 6.92 Å². The zero-order chi connectivity index (χ0) is 10.6. The van der Waals surface area contributed by atoms with Gasteiger partial charge in [-0.05, 0) is 0 Å². The molecule has 0 amide bonds. The van der Waals surface area contributed by atoms with E-state index in [1.54, 1.807) is 0 Å². The van der Waals surface area contributed by atoms with E-state index in [2.05, 4.69) is 28.9 Å².